The molecule has 1 aliphatic rings. The average molecular weight is 260 g/mol. The van der Waals surface area contributed by atoms with Crippen molar-refractivity contribution in [1.82, 2.24) is 5.32 Å². The quantitative estimate of drug-likeness (QED) is 0.554. The van der Waals surface area contributed by atoms with Crippen LogP contribution in [0, 0.1) is 0 Å². The summed E-state index contributed by atoms with van der Waals surface area (Å²) < 4.78 is 15.7. The Morgan fingerprint density at radius 2 is 2.44 bits per heavy atom. The first-order chi connectivity index (χ1) is 8.74. The zero-order chi connectivity index (χ0) is 13.2. The maximum absolute atomic E-state index is 11.4. The van der Waals surface area contributed by atoms with Crippen LogP contribution >= 0.6 is 0 Å². The van der Waals surface area contributed by atoms with Gasteiger partial charge in [0.1, 0.15) is 6.04 Å². The molecule has 0 spiro atoms. The van der Waals surface area contributed by atoms with E-state index in [0.29, 0.717) is 19.8 Å². The van der Waals surface area contributed by atoms with Crippen molar-refractivity contribution in [3.63, 3.8) is 0 Å². The first kappa shape index (κ1) is 15.4. The predicted octanol–water partition coefficient (Wildman–Crippen LogP) is -0.338. The molecule has 1 saturated heterocycles. The highest BCUT2D eigenvalue weighted by molar-refractivity contribution is 5.81. The van der Waals surface area contributed by atoms with Crippen molar-refractivity contribution in [2.75, 3.05) is 40.1 Å². The molecule has 6 heteroatoms. The SMILES string of the molecule is COCC(N)C(=O)NCCCOCC1CCCO1. The van der Waals surface area contributed by atoms with Crippen LogP contribution in [-0.2, 0) is 19.0 Å². The summed E-state index contributed by atoms with van der Waals surface area (Å²) in [5.41, 5.74) is 5.57. The molecule has 0 aliphatic carbocycles. The second kappa shape index (κ2) is 9.27. The fourth-order valence-electron chi connectivity index (χ4n) is 1.76. The molecule has 0 bridgehead atoms. The highest BCUT2D eigenvalue weighted by atomic mass is 16.5. The average Bonchev–Trinajstić information content (AvgIpc) is 2.86. The van der Waals surface area contributed by atoms with Gasteiger partial charge in [-0.2, -0.15) is 0 Å². The number of nitrogens with two attached hydrogens (primary N) is 1. The lowest BCUT2D eigenvalue weighted by molar-refractivity contribution is -0.123. The van der Waals surface area contributed by atoms with Crippen LogP contribution in [-0.4, -0.2) is 58.1 Å². The summed E-state index contributed by atoms with van der Waals surface area (Å²) in [5, 5.41) is 2.74. The number of amides is 1. The summed E-state index contributed by atoms with van der Waals surface area (Å²) in [5.74, 6) is -0.184. The number of carbonyl (C=O) groups excluding carboxylic acids is 1. The van der Waals surface area contributed by atoms with Crippen molar-refractivity contribution in [2.24, 2.45) is 5.73 Å². The minimum atomic E-state index is -0.595. The van der Waals surface area contributed by atoms with Crippen molar-refractivity contribution in [3.05, 3.63) is 0 Å². The maximum atomic E-state index is 11.4. The fraction of sp³-hybridized carbons (Fsp3) is 0.917. The second-order valence-electron chi connectivity index (χ2n) is 4.42. The van der Waals surface area contributed by atoms with Crippen molar-refractivity contribution in [3.8, 4) is 0 Å². The summed E-state index contributed by atoms with van der Waals surface area (Å²) in [7, 11) is 1.52. The molecule has 3 N–H and O–H groups in total. The first-order valence-corrected chi connectivity index (χ1v) is 6.45. The van der Waals surface area contributed by atoms with E-state index in [1.807, 2.05) is 0 Å². The van der Waals surface area contributed by atoms with Gasteiger partial charge in [-0.05, 0) is 19.3 Å². The summed E-state index contributed by atoms with van der Waals surface area (Å²) in [6, 6.07) is -0.595. The van der Waals surface area contributed by atoms with Gasteiger partial charge in [-0.1, -0.05) is 0 Å². The van der Waals surface area contributed by atoms with Crippen LogP contribution in [0.5, 0.6) is 0 Å². The van der Waals surface area contributed by atoms with Crippen LogP contribution in [0.2, 0.25) is 0 Å². The lowest BCUT2D eigenvalue weighted by Gasteiger charge is -2.12. The summed E-state index contributed by atoms with van der Waals surface area (Å²) >= 11 is 0. The van der Waals surface area contributed by atoms with E-state index in [4.69, 9.17) is 19.9 Å². The second-order valence-corrected chi connectivity index (χ2v) is 4.42. The molecule has 0 aromatic rings. The molecule has 1 rings (SSSR count). The molecule has 0 aromatic heterocycles. The van der Waals surface area contributed by atoms with E-state index in [2.05, 4.69) is 5.32 Å². The number of nitrogens with one attached hydrogen (secondary N) is 1. The Balaban J connectivity index is 1.89. The molecule has 106 valence electrons. The van der Waals surface area contributed by atoms with Crippen molar-refractivity contribution in [1.29, 1.82) is 0 Å². The van der Waals surface area contributed by atoms with E-state index in [-0.39, 0.29) is 18.6 Å². The van der Waals surface area contributed by atoms with Crippen molar-refractivity contribution < 1.29 is 19.0 Å². The molecule has 2 unspecified atom stereocenters. The molecule has 0 radical (unpaired) electrons. The smallest absolute Gasteiger partial charge is 0.239 e. The number of hydrogen-bond acceptors (Lipinski definition) is 5. The van der Waals surface area contributed by atoms with Gasteiger partial charge in [-0.25, -0.2) is 0 Å². The minimum Gasteiger partial charge on any atom is -0.383 e. The molecule has 2 atom stereocenters. The molecule has 0 saturated carbocycles. The van der Waals surface area contributed by atoms with Gasteiger partial charge in [0.05, 0.1) is 19.3 Å². The third kappa shape index (κ3) is 6.30. The van der Waals surface area contributed by atoms with E-state index < -0.39 is 6.04 Å². The number of carbonyl (C=O) groups is 1. The molecule has 6 nitrogen and oxygen atoms in total. The van der Waals surface area contributed by atoms with Crippen LogP contribution in [0.4, 0.5) is 0 Å². The number of methoxy groups -OCH3 is 1. The lowest BCUT2D eigenvalue weighted by atomic mass is 10.2. The van der Waals surface area contributed by atoms with Crippen molar-refractivity contribution in [2.45, 2.75) is 31.4 Å². The Kier molecular flexibility index (Phi) is 7.91. The third-order valence-corrected chi connectivity index (χ3v) is 2.78. The fourth-order valence-corrected chi connectivity index (χ4v) is 1.76. The van der Waals surface area contributed by atoms with Crippen LogP contribution in [0.25, 0.3) is 0 Å². The highest BCUT2D eigenvalue weighted by Gasteiger charge is 2.15. The van der Waals surface area contributed by atoms with Gasteiger partial charge in [0, 0.05) is 26.9 Å². The van der Waals surface area contributed by atoms with Gasteiger partial charge >= 0.3 is 0 Å². The molecular weight excluding hydrogens is 236 g/mol. The molecule has 1 heterocycles. The van der Waals surface area contributed by atoms with E-state index in [9.17, 15) is 4.79 Å². The molecule has 1 amide bonds. The van der Waals surface area contributed by atoms with Gasteiger partial charge in [0.2, 0.25) is 5.91 Å². The first-order valence-electron chi connectivity index (χ1n) is 6.45. The highest BCUT2D eigenvalue weighted by Crippen LogP contribution is 2.11. The Hall–Kier alpha value is -0.690. The summed E-state index contributed by atoms with van der Waals surface area (Å²) in [6.07, 6.45) is 3.25. The Morgan fingerprint density at radius 1 is 1.61 bits per heavy atom. The van der Waals surface area contributed by atoms with Crippen LogP contribution in [0.1, 0.15) is 19.3 Å². The molecule has 0 aromatic carbocycles. The van der Waals surface area contributed by atoms with Gasteiger partial charge in [-0.15, -0.1) is 0 Å². The monoisotopic (exact) mass is 260 g/mol. The topological polar surface area (TPSA) is 82.8 Å². The number of rotatable bonds is 9. The minimum absolute atomic E-state index is 0.184. The van der Waals surface area contributed by atoms with Gasteiger partial charge < -0.3 is 25.3 Å². The lowest BCUT2D eigenvalue weighted by Crippen LogP contribution is -2.43. The zero-order valence-electron chi connectivity index (χ0n) is 11.0. The Bertz CT molecular complexity index is 232. The maximum Gasteiger partial charge on any atom is 0.239 e. The van der Waals surface area contributed by atoms with E-state index in [1.165, 1.54) is 7.11 Å². The zero-order valence-corrected chi connectivity index (χ0v) is 11.0. The van der Waals surface area contributed by atoms with E-state index in [0.717, 1.165) is 25.9 Å². The molecule has 1 aliphatic heterocycles. The third-order valence-electron chi connectivity index (χ3n) is 2.78. The predicted molar refractivity (Wildman–Crippen MR) is 67.3 cm³/mol. The molecular formula is C12H24N2O4. The summed E-state index contributed by atoms with van der Waals surface area (Å²) in [4.78, 5) is 11.4. The van der Waals surface area contributed by atoms with E-state index >= 15 is 0 Å². The standard InChI is InChI=1S/C12H24N2O4/c1-16-9-11(13)12(15)14-5-3-6-17-8-10-4-2-7-18-10/h10-11H,2-9,13H2,1H3,(H,14,15). The summed E-state index contributed by atoms with van der Waals surface area (Å²) in [6.45, 7) is 2.93. The largest absolute Gasteiger partial charge is 0.383 e. The normalized spacial score (nSPS) is 20.9. The van der Waals surface area contributed by atoms with Crippen LogP contribution < -0.4 is 11.1 Å². The number of ether oxygens (including phenoxy) is 3. The van der Waals surface area contributed by atoms with Crippen LogP contribution in [0.3, 0.4) is 0 Å². The number of hydrogen-bond donors (Lipinski definition) is 2. The van der Waals surface area contributed by atoms with Crippen molar-refractivity contribution >= 4 is 5.91 Å². The van der Waals surface area contributed by atoms with Gasteiger partial charge in [-0.3, -0.25) is 4.79 Å². The Morgan fingerprint density at radius 3 is 3.11 bits per heavy atom. The van der Waals surface area contributed by atoms with Gasteiger partial charge in [0.15, 0.2) is 0 Å². The molecule has 18 heavy (non-hydrogen) atoms. The van der Waals surface area contributed by atoms with E-state index in [1.54, 1.807) is 0 Å². The Labute approximate surface area is 108 Å². The molecule has 1 fully saturated rings. The van der Waals surface area contributed by atoms with Crippen LogP contribution in [0.15, 0.2) is 0 Å². The van der Waals surface area contributed by atoms with Gasteiger partial charge in [0.25, 0.3) is 0 Å².